The van der Waals surface area contributed by atoms with Crippen molar-refractivity contribution in [1.29, 1.82) is 0 Å². The first-order chi connectivity index (χ1) is 8.60. The number of aryl methyl sites for hydroxylation is 2. The van der Waals surface area contributed by atoms with Crippen LogP contribution in [0.2, 0.25) is 0 Å². The van der Waals surface area contributed by atoms with Crippen molar-refractivity contribution in [3.8, 4) is 5.75 Å². The van der Waals surface area contributed by atoms with E-state index in [9.17, 15) is 4.39 Å². The minimum absolute atomic E-state index is 0.222. The smallest absolute Gasteiger partial charge is 0.178 e. The van der Waals surface area contributed by atoms with Crippen LogP contribution < -0.4 is 9.46 Å². The predicted octanol–water partition coefficient (Wildman–Crippen LogP) is 4.03. The molecule has 0 saturated heterocycles. The number of thiazole rings is 1. The number of hydrogen-bond donors (Lipinski definition) is 1. The lowest BCUT2D eigenvalue weighted by Crippen LogP contribution is -1.96. The number of methoxy groups -OCH3 is 1. The number of ether oxygens (including phenoxy) is 1. The fourth-order valence-corrected chi connectivity index (χ4v) is 2.93. The van der Waals surface area contributed by atoms with Crippen LogP contribution in [0, 0.1) is 19.7 Å². The fraction of sp³-hybridized carbons (Fsp3) is 0.250. The highest BCUT2D eigenvalue weighted by atomic mass is 32.2. The van der Waals surface area contributed by atoms with Gasteiger partial charge >= 0.3 is 0 Å². The van der Waals surface area contributed by atoms with Crippen LogP contribution in [0.3, 0.4) is 0 Å². The number of anilines is 1. The Kier molecular flexibility index (Phi) is 4.08. The molecule has 18 heavy (non-hydrogen) atoms. The Bertz CT molecular complexity index is 557. The Morgan fingerprint density at radius 1 is 1.39 bits per heavy atom. The van der Waals surface area contributed by atoms with Gasteiger partial charge in [-0.3, -0.25) is 0 Å². The first-order valence-electron chi connectivity index (χ1n) is 5.29. The van der Waals surface area contributed by atoms with E-state index < -0.39 is 0 Å². The number of nitrogens with one attached hydrogen (secondary N) is 1. The van der Waals surface area contributed by atoms with Crippen molar-refractivity contribution in [2.45, 2.75) is 18.9 Å². The number of halogens is 1. The van der Waals surface area contributed by atoms with E-state index in [0.717, 1.165) is 15.6 Å². The molecule has 0 aliphatic carbocycles. The summed E-state index contributed by atoms with van der Waals surface area (Å²) in [5.74, 6) is -0.143. The lowest BCUT2D eigenvalue weighted by atomic mass is 10.2. The summed E-state index contributed by atoms with van der Waals surface area (Å²) in [6, 6.07) is 3.29. The van der Waals surface area contributed by atoms with Crippen molar-refractivity contribution in [1.82, 2.24) is 4.98 Å². The van der Waals surface area contributed by atoms with Gasteiger partial charge in [-0.25, -0.2) is 9.37 Å². The van der Waals surface area contributed by atoms with E-state index in [1.807, 2.05) is 25.3 Å². The van der Waals surface area contributed by atoms with Crippen LogP contribution in [-0.4, -0.2) is 12.1 Å². The topological polar surface area (TPSA) is 34.1 Å². The summed E-state index contributed by atoms with van der Waals surface area (Å²) >= 11 is 2.92. The maximum absolute atomic E-state index is 13.7. The molecule has 0 amide bonds. The third kappa shape index (κ3) is 2.94. The third-order valence-corrected chi connectivity index (χ3v) is 3.92. The minimum Gasteiger partial charge on any atom is -0.492 e. The van der Waals surface area contributed by atoms with Crippen LogP contribution in [0.25, 0.3) is 0 Å². The first-order valence-corrected chi connectivity index (χ1v) is 6.99. The average molecular weight is 284 g/mol. The zero-order chi connectivity index (χ0) is 13.1. The molecule has 1 heterocycles. The van der Waals surface area contributed by atoms with Crippen molar-refractivity contribution in [3.05, 3.63) is 33.9 Å². The van der Waals surface area contributed by atoms with Crippen molar-refractivity contribution < 1.29 is 9.13 Å². The Labute approximate surface area is 114 Å². The van der Waals surface area contributed by atoms with Crippen LogP contribution in [-0.2, 0) is 0 Å². The average Bonchev–Trinajstić information content (AvgIpc) is 2.72. The van der Waals surface area contributed by atoms with Crippen molar-refractivity contribution in [3.63, 3.8) is 0 Å². The molecule has 2 rings (SSSR count). The summed E-state index contributed by atoms with van der Waals surface area (Å²) in [7, 11) is 1.45. The van der Waals surface area contributed by atoms with Gasteiger partial charge in [-0.05, 0) is 31.5 Å². The number of nitrogens with zero attached hydrogens (tertiary/aromatic N) is 1. The Balaban J connectivity index is 2.18. The van der Waals surface area contributed by atoms with E-state index in [1.165, 1.54) is 25.1 Å². The summed E-state index contributed by atoms with van der Waals surface area (Å²) in [6.07, 6.45) is 0. The Morgan fingerprint density at radius 3 is 2.78 bits per heavy atom. The fourth-order valence-electron chi connectivity index (χ4n) is 1.51. The third-order valence-electron chi connectivity index (χ3n) is 2.26. The maximum Gasteiger partial charge on any atom is 0.178 e. The molecule has 6 heteroatoms. The molecular weight excluding hydrogens is 271 g/mol. The van der Waals surface area contributed by atoms with Crippen LogP contribution in [0.5, 0.6) is 5.75 Å². The molecule has 0 atom stereocenters. The largest absolute Gasteiger partial charge is 0.492 e. The maximum atomic E-state index is 13.7. The molecule has 1 aromatic heterocycles. The van der Waals surface area contributed by atoms with Gasteiger partial charge < -0.3 is 9.46 Å². The van der Waals surface area contributed by atoms with E-state index in [4.69, 9.17) is 4.74 Å². The molecule has 1 aromatic carbocycles. The summed E-state index contributed by atoms with van der Waals surface area (Å²) in [6.45, 7) is 3.78. The number of rotatable bonds is 4. The highest BCUT2D eigenvalue weighted by Gasteiger charge is 2.11. The van der Waals surface area contributed by atoms with Gasteiger partial charge in [-0.2, -0.15) is 0 Å². The van der Waals surface area contributed by atoms with Crippen molar-refractivity contribution in [2.75, 3.05) is 11.8 Å². The highest BCUT2D eigenvalue weighted by molar-refractivity contribution is 8.00. The lowest BCUT2D eigenvalue weighted by Gasteiger charge is -2.11. The molecule has 0 aliphatic heterocycles. The molecule has 0 fully saturated rings. The number of benzene rings is 1. The molecule has 2 aromatic rings. The monoisotopic (exact) mass is 284 g/mol. The van der Waals surface area contributed by atoms with Crippen LogP contribution in [0.1, 0.15) is 10.6 Å². The second-order valence-electron chi connectivity index (χ2n) is 3.74. The van der Waals surface area contributed by atoms with Gasteiger partial charge in [-0.15, -0.1) is 11.3 Å². The molecule has 0 spiro atoms. The van der Waals surface area contributed by atoms with Gasteiger partial charge in [0.1, 0.15) is 5.03 Å². The molecule has 0 saturated carbocycles. The zero-order valence-electron chi connectivity index (χ0n) is 10.3. The molecule has 0 bridgehead atoms. The highest BCUT2D eigenvalue weighted by Crippen LogP contribution is 2.32. The SMILES string of the molecule is COc1c(F)cc(C)cc1NSc1csc(C)n1. The van der Waals surface area contributed by atoms with Gasteiger partial charge in [0.25, 0.3) is 0 Å². The summed E-state index contributed by atoms with van der Waals surface area (Å²) in [5.41, 5.74) is 1.46. The molecule has 1 N–H and O–H groups in total. The van der Waals surface area contributed by atoms with Crippen molar-refractivity contribution >= 4 is 29.0 Å². The minimum atomic E-state index is -0.366. The van der Waals surface area contributed by atoms with Gasteiger partial charge in [0.15, 0.2) is 11.6 Å². The molecule has 96 valence electrons. The Morgan fingerprint density at radius 2 is 2.17 bits per heavy atom. The van der Waals surface area contributed by atoms with Gasteiger partial charge in [0, 0.05) is 17.3 Å². The second-order valence-corrected chi connectivity index (χ2v) is 5.63. The van der Waals surface area contributed by atoms with E-state index in [1.54, 1.807) is 11.3 Å². The standard InChI is InChI=1S/C12H13FN2OS2/c1-7-4-9(13)12(16-3)10(5-7)15-18-11-6-17-8(2)14-11/h4-6,15H,1-3H3. The van der Waals surface area contributed by atoms with Crippen LogP contribution >= 0.6 is 23.3 Å². The number of hydrogen-bond acceptors (Lipinski definition) is 5. The molecule has 0 unspecified atom stereocenters. The van der Waals surface area contributed by atoms with E-state index in [2.05, 4.69) is 9.71 Å². The van der Waals surface area contributed by atoms with Crippen LogP contribution in [0.15, 0.2) is 22.5 Å². The molecule has 3 nitrogen and oxygen atoms in total. The molecule has 0 radical (unpaired) electrons. The summed E-state index contributed by atoms with van der Waals surface area (Å²) < 4.78 is 21.8. The normalized spacial score (nSPS) is 10.4. The Hall–Kier alpha value is -1.27. The second kappa shape index (κ2) is 5.58. The molecule has 0 aliphatic rings. The van der Waals surface area contributed by atoms with E-state index >= 15 is 0 Å². The van der Waals surface area contributed by atoms with Gasteiger partial charge in [0.2, 0.25) is 0 Å². The number of aromatic nitrogens is 1. The van der Waals surface area contributed by atoms with Gasteiger partial charge in [-0.1, -0.05) is 0 Å². The lowest BCUT2D eigenvalue weighted by molar-refractivity contribution is 0.388. The van der Waals surface area contributed by atoms with E-state index in [0.29, 0.717) is 5.69 Å². The molecular formula is C12H13FN2OS2. The zero-order valence-corrected chi connectivity index (χ0v) is 11.9. The van der Waals surface area contributed by atoms with Crippen molar-refractivity contribution in [2.24, 2.45) is 0 Å². The van der Waals surface area contributed by atoms with Crippen LogP contribution in [0.4, 0.5) is 10.1 Å². The summed E-state index contributed by atoms with van der Waals surface area (Å²) in [5, 5.41) is 3.81. The summed E-state index contributed by atoms with van der Waals surface area (Å²) in [4.78, 5) is 4.31. The first kappa shape index (κ1) is 13.2. The van der Waals surface area contributed by atoms with E-state index in [-0.39, 0.29) is 11.6 Å². The van der Waals surface area contributed by atoms with Gasteiger partial charge in [0.05, 0.1) is 17.8 Å². The predicted molar refractivity (Wildman–Crippen MR) is 74.0 cm³/mol. The quantitative estimate of drug-likeness (QED) is 0.860.